The van der Waals surface area contributed by atoms with E-state index in [2.05, 4.69) is 0 Å². The van der Waals surface area contributed by atoms with Crippen LogP contribution >= 0.6 is 0 Å². The third-order valence-corrected chi connectivity index (χ3v) is 1.45. The molecule has 1 aromatic rings. The highest BCUT2D eigenvalue weighted by molar-refractivity contribution is 5.40. The minimum Gasteiger partial charge on any atom is -0.504 e. The van der Waals surface area contributed by atoms with E-state index in [0.717, 1.165) is 12.0 Å². The third kappa shape index (κ3) is 1.21. The van der Waals surface area contributed by atoms with Gasteiger partial charge in [-0.2, -0.15) is 0 Å². The number of phenols is 2. The van der Waals surface area contributed by atoms with Crippen LogP contribution in [0.15, 0.2) is 18.2 Å². The Hall–Kier alpha value is -1.18. The molecule has 0 saturated carbocycles. The zero-order valence-electron chi connectivity index (χ0n) is 5.83. The van der Waals surface area contributed by atoms with Crippen LogP contribution in [0.5, 0.6) is 11.5 Å². The number of benzene rings is 1. The number of rotatable bonds is 1. The highest BCUT2D eigenvalue weighted by atomic mass is 16.3. The van der Waals surface area contributed by atoms with E-state index < -0.39 is 0 Å². The molecule has 0 aliphatic rings. The van der Waals surface area contributed by atoms with Gasteiger partial charge in [0.05, 0.1) is 0 Å². The number of aromatic hydroxyl groups is 2. The van der Waals surface area contributed by atoms with Crippen molar-refractivity contribution in [1.82, 2.24) is 0 Å². The van der Waals surface area contributed by atoms with Gasteiger partial charge in [-0.05, 0) is 24.1 Å². The van der Waals surface area contributed by atoms with E-state index >= 15 is 0 Å². The summed E-state index contributed by atoms with van der Waals surface area (Å²) >= 11 is 0. The smallest absolute Gasteiger partial charge is 0.157 e. The van der Waals surface area contributed by atoms with Crippen molar-refractivity contribution in [3.8, 4) is 11.5 Å². The summed E-state index contributed by atoms with van der Waals surface area (Å²) in [6.07, 6.45) is 0.869. The largest absolute Gasteiger partial charge is 0.504 e. The Labute approximate surface area is 59.7 Å². The van der Waals surface area contributed by atoms with Crippen LogP contribution in [0.2, 0.25) is 0 Å². The maximum Gasteiger partial charge on any atom is 0.157 e. The van der Waals surface area contributed by atoms with Gasteiger partial charge in [0.1, 0.15) is 0 Å². The zero-order valence-corrected chi connectivity index (χ0v) is 5.83. The Morgan fingerprint density at radius 2 is 1.90 bits per heavy atom. The lowest BCUT2D eigenvalue weighted by molar-refractivity contribution is 0.403. The first-order chi connectivity index (χ1) is 4.74. The molecule has 0 saturated heterocycles. The average Bonchev–Trinajstić information content (AvgIpc) is 1.95. The van der Waals surface area contributed by atoms with Gasteiger partial charge in [-0.15, -0.1) is 0 Å². The van der Waals surface area contributed by atoms with Crippen LogP contribution in [-0.4, -0.2) is 10.2 Å². The Balaban J connectivity index is 3.04. The lowest BCUT2D eigenvalue weighted by Crippen LogP contribution is -1.77. The van der Waals surface area contributed by atoms with Gasteiger partial charge in [0.15, 0.2) is 11.5 Å². The van der Waals surface area contributed by atoms with E-state index in [-0.39, 0.29) is 11.5 Å². The second-order valence-electron chi connectivity index (χ2n) is 2.18. The van der Waals surface area contributed by atoms with Crippen molar-refractivity contribution in [2.45, 2.75) is 13.3 Å². The van der Waals surface area contributed by atoms with Crippen LogP contribution in [0.3, 0.4) is 0 Å². The van der Waals surface area contributed by atoms with Crippen molar-refractivity contribution in [1.29, 1.82) is 0 Å². The molecule has 1 rings (SSSR count). The predicted octanol–water partition coefficient (Wildman–Crippen LogP) is 1.66. The van der Waals surface area contributed by atoms with Gasteiger partial charge >= 0.3 is 0 Å². The minimum atomic E-state index is -0.0581. The summed E-state index contributed by atoms with van der Waals surface area (Å²) in [7, 11) is 0. The van der Waals surface area contributed by atoms with Gasteiger partial charge in [-0.1, -0.05) is 13.0 Å². The van der Waals surface area contributed by atoms with Gasteiger partial charge < -0.3 is 10.2 Å². The molecule has 0 amide bonds. The fraction of sp³-hybridized carbons (Fsp3) is 0.250. The summed E-state index contributed by atoms with van der Waals surface area (Å²) in [6.45, 7) is 1.99. The van der Waals surface area contributed by atoms with Gasteiger partial charge in [0.2, 0.25) is 0 Å². The maximum atomic E-state index is 8.98. The lowest BCUT2D eigenvalue weighted by Gasteiger charge is -1.98. The highest BCUT2D eigenvalue weighted by Crippen LogP contribution is 2.24. The molecule has 2 heteroatoms. The van der Waals surface area contributed by atoms with E-state index in [0.29, 0.717) is 0 Å². The van der Waals surface area contributed by atoms with Crippen LogP contribution in [0.4, 0.5) is 0 Å². The second kappa shape index (κ2) is 2.60. The molecule has 0 atom stereocenters. The molecule has 54 valence electrons. The molecule has 1 aromatic carbocycles. The molecule has 0 aliphatic heterocycles. The highest BCUT2D eigenvalue weighted by Gasteiger charge is 1.97. The average molecular weight is 138 g/mol. The molecule has 0 fully saturated rings. The molecule has 0 spiro atoms. The minimum absolute atomic E-state index is 0.0423. The molecule has 2 N–H and O–H groups in total. The Kier molecular flexibility index (Phi) is 1.81. The number of phenolic OH excluding ortho intramolecular Hbond substituents is 2. The van der Waals surface area contributed by atoms with Gasteiger partial charge in [0.25, 0.3) is 0 Å². The summed E-state index contributed by atoms with van der Waals surface area (Å²) in [4.78, 5) is 0. The van der Waals surface area contributed by atoms with Crippen LogP contribution in [0, 0.1) is 0 Å². The molecular weight excluding hydrogens is 128 g/mol. The number of hydrogen-bond donors (Lipinski definition) is 2. The first kappa shape index (κ1) is 6.93. The molecule has 2 nitrogen and oxygen atoms in total. The Morgan fingerprint density at radius 3 is 2.40 bits per heavy atom. The van der Waals surface area contributed by atoms with Crippen LogP contribution in [-0.2, 0) is 6.42 Å². The topological polar surface area (TPSA) is 40.5 Å². The second-order valence-corrected chi connectivity index (χ2v) is 2.18. The first-order valence-electron chi connectivity index (χ1n) is 3.25. The van der Waals surface area contributed by atoms with E-state index in [1.165, 1.54) is 6.07 Å². The summed E-state index contributed by atoms with van der Waals surface area (Å²) in [5.41, 5.74) is 1.02. The summed E-state index contributed by atoms with van der Waals surface area (Å²) in [6, 6.07) is 4.85. The van der Waals surface area contributed by atoms with Crippen molar-refractivity contribution in [2.24, 2.45) is 0 Å². The predicted molar refractivity (Wildman–Crippen MR) is 39.1 cm³/mol. The normalized spacial score (nSPS) is 9.70. The molecule has 10 heavy (non-hydrogen) atoms. The number of hydrogen-bond acceptors (Lipinski definition) is 2. The molecule has 0 aromatic heterocycles. The molecule has 0 bridgehead atoms. The van der Waals surface area contributed by atoms with E-state index in [4.69, 9.17) is 10.2 Å². The van der Waals surface area contributed by atoms with Crippen molar-refractivity contribution >= 4 is 0 Å². The van der Waals surface area contributed by atoms with Gasteiger partial charge in [-0.25, -0.2) is 0 Å². The quantitative estimate of drug-likeness (QED) is 0.579. The lowest BCUT2D eigenvalue weighted by atomic mass is 10.1. The number of aryl methyl sites for hydroxylation is 1. The summed E-state index contributed by atoms with van der Waals surface area (Å²) in [5, 5.41) is 17.9. The van der Waals surface area contributed by atoms with Gasteiger partial charge in [-0.3, -0.25) is 0 Å². The standard InChI is InChI=1S/C8H10O2/c1-2-6-3-4-7(9)8(10)5-6/h3-5,9-10H,2H2,1H3. The van der Waals surface area contributed by atoms with E-state index in [1.807, 2.05) is 6.92 Å². The van der Waals surface area contributed by atoms with E-state index in [1.54, 1.807) is 12.1 Å². The van der Waals surface area contributed by atoms with E-state index in [9.17, 15) is 0 Å². The van der Waals surface area contributed by atoms with Crippen LogP contribution in [0.25, 0.3) is 0 Å². The third-order valence-electron chi connectivity index (χ3n) is 1.45. The molecule has 0 radical (unpaired) electrons. The maximum absolute atomic E-state index is 8.98. The first-order valence-corrected chi connectivity index (χ1v) is 3.25. The van der Waals surface area contributed by atoms with Crippen molar-refractivity contribution in [2.75, 3.05) is 0 Å². The van der Waals surface area contributed by atoms with Crippen LogP contribution in [0.1, 0.15) is 12.5 Å². The monoisotopic (exact) mass is 138 g/mol. The molecular formula is C8H10O2. The Morgan fingerprint density at radius 1 is 1.20 bits per heavy atom. The molecule has 0 heterocycles. The Bertz CT molecular complexity index is 231. The summed E-state index contributed by atoms with van der Waals surface area (Å²) in [5.74, 6) is -0.100. The van der Waals surface area contributed by atoms with Gasteiger partial charge in [0, 0.05) is 0 Å². The van der Waals surface area contributed by atoms with Crippen LogP contribution < -0.4 is 0 Å². The molecule has 0 aliphatic carbocycles. The van der Waals surface area contributed by atoms with Crippen molar-refractivity contribution in [3.63, 3.8) is 0 Å². The fourth-order valence-electron chi connectivity index (χ4n) is 0.789. The molecule has 0 unspecified atom stereocenters. The van der Waals surface area contributed by atoms with Crippen molar-refractivity contribution in [3.05, 3.63) is 23.8 Å². The SMILES string of the molecule is CCc1ccc(O)c(O)c1. The fourth-order valence-corrected chi connectivity index (χ4v) is 0.789. The zero-order chi connectivity index (χ0) is 7.56. The summed E-state index contributed by atoms with van der Waals surface area (Å²) < 4.78 is 0. The van der Waals surface area contributed by atoms with Crippen molar-refractivity contribution < 1.29 is 10.2 Å².